The van der Waals surface area contributed by atoms with E-state index in [9.17, 15) is 9.18 Å². The fraction of sp³-hybridized carbons (Fsp3) is 0.158. The van der Waals surface area contributed by atoms with Gasteiger partial charge in [0.15, 0.2) is 0 Å². The lowest BCUT2D eigenvalue weighted by Gasteiger charge is -2.10. The molecule has 0 bridgehead atoms. The first-order valence-corrected chi connectivity index (χ1v) is 8.18. The van der Waals surface area contributed by atoms with Gasteiger partial charge in [-0.15, -0.1) is 0 Å². The first kappa shape index (κ1) is 15.4. The van der Waals surface area contributed by atoms with Crippen molar-refractivity contribution in [3.05, 3.63) is 72.2 Å². The number of urea groups is 1. The molecule has 3 aromatic rings. The van der Waals surface area contributed by atoms with Crippen molar-refractivity contribution in [3.63, 3.8) is 0 Å². The molecule has 25 heavy (non-hydrogen) atoms. The minimum atomic E-state index is -0.440. The van der Waals surface area contributed by atoms with Crippen LogP contribution in [0.5, 0.6) is 0 Å². The van der Waals surface area contributed by atoms with Gasteiger partial charge in [-0.05, 0) is 43.2 Å². The Kier molecular flexibility index (Phi) is 3.93. The van der Waals surface area contributed by atoms with Gasteiger partial charge in [0.1, 0.15) is 11.6 Å². The number of halogens is 1. The fourth-order valence-corrected chi connectivity index (χ4v) is 2.68. The minimum Gasteiger partial charge on any atom is -0.308 e. The van der Waals surface area contributed by atoms with Crippen LogP contribution < -0.4 is 10.6 Å². The highest BCUT2D eigenvalue weighted by Crippen LogP contribution is 2.40. The number of nitrogens with zero attached hydrogens (tertiary/aromatic N) is 2. The number of rotatable bonds is 4. The van der Waals surface area contributed by atoms with E-state index in [0.717, 1.165) is 24.2 Å². The van der Waals surface area contributed by atoms with Crippen LogP contribution in [0.3, 0.4) is 0 Å². The largest absolute Gasteiger partial charge is 0.324 e. The molecule has 2 aromatic carbocycles. The number of carbonyl (C=O) groups is 1. The molecule has 2 N–H and O–H groups in total. The van der Waals surface area contributed by atoms with Crippen molar-refractivity contribution in [1.29, 1.82) is 0 Å². The third-order valence-electron chi connectivity index (χ3n) is 4.05. The summed E-state index contributed by atoms with van der Waals surface area (Å²) in [5.74, 6) is 0.655. The van der Waals surface area contributed by atoms with Crippen LogP contribution in [0, 0.1) is 5.82 Å². The molecule has 0 radical (unpaired) electrons. The summed E-state index contributed by atoms with van der Waals surface area (Å²) in [5, 5.41) is 10.1. The van der Waals surface area contributed by atoms with Gasteiger partial charge in [0.2, 0.25) is 0 Å². The highest BCUT2D eigenvalue weighted by molar-refractivity contribution is 5.99. The number of carbonyl (C=O) groups excluding carboxylic acids is 1. The van der Waals surface area contributed by atoms with Gasteiger partial charge in [-0.25, -0.2) is 13.9 Å². The monoisotopic (exact) mass is 336 g/mol. The van der Waals surface area contributed by atoms with Crippen LogP contribution in [0.25, 0.3) is 5.69 Å². The van der Waals surface area contributed by atoms with Crippen molar-refractivity contribution in [3.8, 4) is 5.69 Å². The zero-order chi connectivity index (χ0) is 17.2. The van der Waals surface area contributed by atoms with Gasteiger partial charge in [-0.3, -0.25) is 5.32 Å². The summed E-state index contributed by atoms with van der Waals surface area (Å²) in [6.45, 7) is 0. The van der Waals surface area contributed by atoms with Gasteiger partial charge in [-0.1, -0.05) is 24.3 Å². The summed E-state index contributed by atoms with van der Waals surface area (Å²) in [5.41, 5.74) is 2.24. The van der Waals surface area contributed by atoms with E-state index in [2.05, 4.69) is 15.7 Å². The lowest BCUT2D eigenvalue weighted by atomic mass is 10.3. The molecular weight excluding hydrogens is 319 g/mol. The first-order chi connectivity index (χ1) is 12.2. The van der Waals surface area contributed by atoms with Crippen molar-refractivity contribution in [2.75, 3.05) is 10.6 Å². The Morgan fingerprint density at radius 1 is 1.04 bits per heavy atom. The predicted octanol–water partition coefficient (Wildman–Crippen LogP) is 4.53. The number of aromatic nitrogens is 2. The van der Waals surface area contributed by atoms with E-state index >= 15 is 0 Å². The minimum absolute atomic E-state index is 0.394. The van der Waals surface area contributed by atoms with Crippen LogP contribution >= 0.6 is 0 Å². The van der Waals surface area contributed by atoms with Gasteiger partial charge in [0.25, 0.3) is 0 Å². The molecule has 0 spiro atoms. The van der Waals surface area contributed by atoms with Gasteiger partial charge in [-0.2, -0.15) is 5.10 Å². The molecular formula is C19H17FN4O. The average molecular weight is 336 g/mol. The standard InChI is InChI=1S/C19H17FN4O/c20-14-5-4-6-15(11-14)21-19(25)22-18-12-17(13-9-10-13)23-24(18)16-7-2-1-3-8-16/h1-8,11-13H,9-10H2,(H2,21,22,25). The normalized spacial score (nSPS) is 13.5. The summed E-state index contributed by atoms with van der Waals surface area (Å²) in [6.07, 6.45) is 2.25. The van der Waals surface area contributed by atoms with Crippen molar-refractivity contribution < 1.29 is 9.18 Å². The average Bonchev–Trinajstić information content (AvgIpc) is 3.37. The Hall–Kier alpha value is -3.15. The van der Waals surface area contributed by atoms with E-state index in [0.29, 0.717) is 17.4 Å². The van der Waals surface area contributed by atoms with Crippen LogP contribution in [0.4, 0.5) is 20.7 Å². The first-order valence-electron chi connectivity index (χ1n) is 8.18. The quantitative estimate of drug-likeness (QED) is 0.735. The Morgan fingerprint density at radius 2 is 1.84 bits per heavy atom. The zero-order valence-electron chi connectivity index (χ0n) is 13.4. The van der Waals surface area contributed by atoms with Crippen LogP contribution in [0.1, 0.15) is 24.5 Å². The molecule has 2 amide bonds. The molecule has 4 rings (SSSR count). The van der Waals surface area contributed by atoms with Gasteiger partial charge in [0.05, 0.1) is 11.4 Å². The molecule has 126 valence electrons. The second-order valence-electron chi connectivity index (χ2n) is 6.07. The molecule has 1 aliphatic rings. The Labute approximate surface area is 144 Å². The molecule has 1 heterocycles. The highest BCUT2D eigenvalue weighted by atomic mass is 19.1. The van der Waals surface area contributed by atoms with E-state index in [4.69, 9.17) is 0 Å². The Morgan fingerprint density at radius 3 is 2.56 bits per heavy atom. The topological polar surface area (TPSA) is 59.0 Å². The van der Waals surface area contributed by atoms with Crippen LogP contribution in [0.2, 0.25) is 0 Å². The number of amides is 2. The molecule has 1 aliphatic carbocycles. The molecule has 1 fully saturated rings. The maximum absolute atomic E-state index is 13.2. The van der Waals surface area contributed by atoms with E-state index in [1.807, 2.05) is 36.4 Å². The summed E-state index contributed by atoms with van der Waals surface area (Å²) >= 11 is 0. The molecule has 0 saturated heterocycles. The van der Waals surface area contributed by atoms with Gasteiger partial charge >= 0.3 is 6.03 Å². The second kappa shape index (κ2) is 6.39. The molecule has 1 aromatic heterocycles. The molecule has 0 atom stereocenters. The predicted molar refractivity (Wildman–Crippen MR) is 94.6 cm³/mol. The van der Waals surface area contributed by atoms with Crippen molar-refractivity contribution in [1.82, 2.24) is 9.78 Å². The van der Waals surface area contributed by atoms with E-state index in [1.165, 1.54) is 12.1 Å². The van der Waals surface area contributed by atoms with Gasteiger partial charge < -0.3 is 5.32 Å². The maximum atomic E-state index is 13.2. The summed E-state index contributed by atoms with van der Waals surface area (Å²) in [7, 11) is 0. The van der Waals surface area contributed by atoms with E-state index < -0.39 is 11.8 Å². The van der Waals surface area contributed by atoms with Crippen LogP contribution in [0.15, 0.2) is 60.7 Å². The van der Waals surface area contributed by atoms with E-state index in [-0.39, 0.29) is 0 Å². The SMILES string of the molecule is O=C(Nc1cccc(F)c1)Nc1cc(C2CC2)nn1-c1ccccc1. The summed E-state index contributed by atoms with van der Waals surface area (Å²) < 4.78 is 15.0. The fourth-order valence-electron chi connectivity index (χ4n) is 2.68. The number of hydrogen-bond acceptors (Lipinski definition) is 2. The Balaban J connectivity index is 1.57. The summed E-state index contributed by atoms with van der Waals surface area (Å²) in [6, 6.07) is 16.9. The summed E-state index contributed by atoms with van der Waals surface area (Å²) in [4.78, 5) is 12.3. The Bertz CT molecular complexity index is 903. The third-order valence-corrected chi connectivity index (χ3v) is 4.05. The molecule has 0 aliphatic heterocycles. The van der Waals surface area contributed by atoms with Crippen molar-refractivity contribution >= 4 is 17.5 Å². The molecule has 1 saturated carbocycles. The molecule has 0 unspecified atom stereocenters. The van der Waals surface area contributed by atoms with E-state index in [1.54, 1.807) is 16.8 Å². The smallest absolute Gasteiger partial charge is 0.308 e. The highest BCUT2D eigenvalue weighted by Gasteiger charge is 2.28. The zero-order valence-corrected chi connectivity index (χ0v) is 13.4. The number of benzene rings is 2. The number of anilines is 2. The maximum Gasteiger partial charge on any atom is 0.324 e. The van der Waals surface area contributed by atoms with Crippen molar-refractivity contribution in [2.24, 2.45) is 0 Å². The van der Waals surface area contributed by atoms with Crippen molar-refractivity contribution in [2.45, 2.75) is 18.8 Å². The lowest BCUT2D eigenvalue weighted by molar-refractivity contribution is 0.262. The van der Waals surface area contributed by atoms with Crippen LogP contribution in [-0.4, -0.2) is 15.8 Å². The lowest BCUT2D eigenvalue weighted by Crippen LogP contribution is -2.21. The van der Waals surface area contributed by atoms with Gasteiger partial charge in [0, 0.05) is 17.7 Å². The number of nitrogens with one attached hydrogen (secondary N) is 2. The number of para-hydroxylation sites is 1. The van der Waals surface area contributed by atoms with Crippen LogP contribution in [-0.2, 0) is 0 Å². The second-order valence-corrected chi connectivity index (χ2v) is 6.07. The number of hydrogen-bond donors (Lipinski definition) is 2. The third kappa shape index (κ3) is 3.52. The molecule has 6 heteroatoms. The molecule has 5 nitrogen and oxygen atoms in total.